The summed E-state index contributed by atoms with van der Waals surface area (Å²) >= 11 is 3.48. The van der Waals surface area contributed by atoms with Crippen LogP contribution in [0, 0.1) is 23.7 Å². The smallest absolute Gasteiger partial charge is 0.0998 e. The number of halogens is 1. The van der Waals surface area contributed by atoms with Gasteiger partial charge >= 0.3 is 0 Å². The van der Waals surface area contributed by atoms with Crippen LogP contribution in [0.25, 0.3) is 11.1 Å². The standard InChI is InChI=1S/C16H10BrN/c1-2-5-13-10-12(8-9-16(13)17)15-7-4-3-6-14(15)11-18/h1,3-4,6-10H,5H2. The van der Waals surface area contributed by atoms with Crippen LogP contribution >= 0.6 is 15.9 Å². The summed E-state index contributed by atoms with van der Waals surface area (Å²) in [5.74, 6) is 2.64. The second-order valence-corrected chi connectivity index (χ2v) is 4.70. The van der Waals surface area contributed by atoms with Gasteiger partial charge in [-0.3, -0.25) is 0 Å². The molecule has 2 heteroatoms. The summed E-state index contributed by atoms with van der Waals surface area (Å²) in [5.41, 5.74) is 3.68. The molecule has 86 valence electrons. The summed E-state index contributed by atoms with van der Waals surface area (Å²) < 4.78 is 0.999. The van der Waals surface area contributed by atoms with Gasteiger partial charge in [0.25, 0.3) is 0 Å². The highest BCUT2D eigenvalue weighted by molar-refractivity contribution is 9.10. The predicted octanol–water partition coefficient (Wildman–Crippen LogP) is 4.16. The van der Waals surface area contributed by atoms with E-state index in [1.807, 2.05) is 42.5 Å². The molecular formula is C16H10BrN. The van der Waals surface area contributed by atoms with E-state index in [0.29, 0.717) is 12.0 Å². The van der Waals surface area contributed by atoms with Gasteiger partial charge in [-0.05, 0) is 34.9 Å². The first-order valence-electron chi connectivity index (χ1n) is 5.47. The number of benzene rings is 2. The van der Waals surface area contributed by atoms with Gasteiger partial charge in [0.1, 0.15) is 0 Å². The fraction of sp³-hybridized carbons (Fsp3) is 0.0625. The van der Waals surface area contributed by atoms with Gasteiger partial charge in [0.15, 0.2) is 0 Å². The SMILES string of the molecule is C#CCc1cc(-c2ccccc2C#N)ccc1Br. The van der Waals surface area contributed by atoms with Crippen LogP contribution in [0.15, 0.2) is 46.9 Å². The Kier molecular flexibility index (Phi) is 3.82. The molecule has 0 saturated carbocycles. The Bertz CT molecular complexity index is 660. The van der Waals surface area contributed by atoms with Gasteiger partial charge in [0, 0.05) is 10.9 Å². The number of terminal acetylenes is 1. The quantitative estimate of drug-likeness (QED) is 0.763. The number of rotatable bonds is 2. The van der Waals surface area contributed by atoms with Crippen molar-refractivity contribution in [3.8, 4) is 29.5 Å². The summed E-state index contributed by atoms with van der Waals surface area (Å²) in [6.45, 7) is 0. The first-order chi connectivity index (χ1) is 8.76. The molecule has 0 aliphatic rings. The Labute approximate surface area is 115 Å². The van der Waals surface area contributed by atoms with Crippen molar-refractivity contribution in [3.05, 3.63) is 58.1 Å². The molecule has 2 aromatic carbocycles. The first-order valence-corrected chi connectivity index (χ1v) is 6.27. The monoisotopic (exact) mass is 295 g/mol. The highest BCUT2D eigenvalue weighted by Crippen LogP contribution is 2.27. The molecule has 18 heavy (non-hydrogen) atoms. The number of hydrogen-bond acceptors (Lipinski definition) is 1. The largest absolute Gasteiger partial charge is 0.192 e. The number of nitriles is 1. The Hall–Kier alpha value is -2.03. The lowest BCUT2D eigenvalue weighted by Gasteiger charge is -2.07. The van der Waals surface area contributed by atoms with Crippen molar-refractivity contribution in [2.45, 2.75) is 6.42 Å². The van der Waals surface area contributed by atoms with E-state index in [1.54, 1.807) is 0 Å². The molecule has 0 radical (unpaired) electrons. The van der Waals surface area contributed by atoms with E-state index in [-0.39, 0.29) is 0 Å². The van der Waals surface area contributed by atoms with Crippen LogP contribution < -0.4 is 0 Å². The van der Waals surface area contributed by atoms with Crippen molar-refractivity contribution in [1.82, 2.24) is 0 Å². The van der Waals surface area contributed by atoms with Crippen molar-refractivity contribution < 1.29 is 0 Å². The van der Waals surface area contributed by atoms with Crippen LogP contribution in [0.2, 0.25) is 0 Å². The molecule has 0 N–H and O–H groups in total. The highest BCUT2D eigenvalue weighted by atomic mass is 79.9. The van der Waals surface area contributed by atoms with E-state index in [0.717, 1.165) is 21.2 Å². The average Bonchev–Trinajstić information content (AvgIpc) is 2.41. The second-order valence-electron chi connectivity index (χ2n) is 3.84. The summed E-state index contributed by atoms with van der Waals surface area (Å²) in [6.07, 6.45) is 5.92. The molecule has 0 saturated heterocycles. The lowest BCUT2D eigenvalue weighted by molar-refractivity contribution is 1.30. The van der Waals surface area contributed by atoms with Gasteiger partial charge in [0.05, 0.1) is 11.6 Å². The van der Waals surface area contributed by atoms with Crippen molar-refractivity contribution in [2.24, 2.45) is 0 Å². The van der Waals surface area contributed by atoms with Gasteiger partial charge in [0.2, 0.25) is 0 Å². The molecule has 0 atom stereocenters. The molecule has 0 amide bonds. The number of nitrogens with zero attached hydrogens (tertiary/aromatic N) is 1. The van der Waals surface area contributed by atoms with Gasteiger partial charge < -0.3 is 0 Å². The van der Waals surface area contributed by atoms with Gasteiger partial charge in [-0.25, -0.2) is 0 Å². The molecule has 0 aliphatic heterocycles. The fourth-order valence-electron chi connectivity index (χ4n) is 1.82. The van der Waals surface area contributed by atoms with E-state index < -0.39 is 0 Å². The normalized spacial score (nSPS) is 9.50. The molecule has 0 fully saturated rings. The molecule has 1 nitrogen and oxygen atoms in total. The molecule has 0 heterocycles. The van der Waals surface area contributed by atoms with E-state index in [1.165, 1.54) is 0 Å². The van der Waals surface area contributed by atoms with Crippen molar-refractivity contribution in [1.29, 1.82) is 5.26 Å². The molecule has 0 aliphatic carbocycles. The summed E-state index contributed by atoms with van der Waals surface area (Å²) in [4.78, 5) is 0. The van der Waals surface area contributed by atoms with Crippen LogP contribution in [0.1, 0.15) is 11.1 Å². The zero-order valence-electron chi connectivity index (χ0n) is 9.65. The minimum absolute atomic E-state index is 0.573. The van der Waals surface area contributed by atoms with E-state index in [9.17, 15) is 0 Å². The second kappa shape index (κ2) is 5.54. The summed E-state index contributed by atoms with van der Waals surface area (Å²) in [6, 6.07) is 15.7. The molecule has 0 bridgehead atoms. The highest BCUT2D eigenvalue weighted by Gasteiger charge is 2.06. The lowest BCUT2D eigenvalue weighted by Crippen LogP contribution is -1.88. The number of hydrogen-bond donors (Lipinski definition) is 0. The molecule has 0 aromatic heterocycles. The van der Waals surface area contributed by atoms with E-state index in [2.05, 4.69) is 27.9 Å². The Morgan fingerprint density at radius 2 is 1.94 bits per heavy atom. The van der Waals surface area contributed by atoms with Crippen LogP contribution in [-0.2, 0) is 6.42 Å². The lowest BCUT2D eigenvalue weighted by atomic mass is 9.98. The first kappa shape index (κ1) is 12.4. The van der Waals surface area contributed by atoms with Crippen molar-refractivity contribution in [2.75, 3.05) is 0 Å². The minimum atomic E-state index is 0.573. The Morgan fingerprint density at radius 3 is 2.67 bits per heavy atom. The minimum Gasteiger partial charge on any atom is -0.192 e. The van der Waals surface area contributed by atoms with Crippen LogP contribution in [0.3, 0.4) is 0 Å². The fourth-order valence-corrected chi connectivity index (χ4v) is 2.21. The maximum absolute atomic E-state index is 9.12. The molecule has 2 aromatic rings. The maximum Gasteiger partial charge on any atom is 0.0998 e. The molecule has 2 rings (SSSR count). The molecule has 0 unspecified atom stereocenters. The summed E-state index contributed by atoms with van der Waals surface area (Å²) in [7, 11) is 0. The van der Waals surface area contributed by atoms with Crippen molar-refractivity contribution >= 4 is 15.9 Å². The molecular weight excluding hydrogens is 286 g/mol. The molecule has 0 spiro atoms. The topological polar surface area (TPSA) is 23.8 Å². The average molecular weight is 296 g/mol. The summed E-state index contributed by atoms with van der Waals surface area (Å²) in [5, 5.41) is 9.12. The zero-order valence-corrected chi connectivity index (χ0v) is 11.2. The van der Waals surface area contributed by atoms with Crippen LogP contribution in [0.5, 0.6) is 0 Å². The van der Waals surface area contributed by atoms with Gasteiger partial charge in [-0.1, -0.05) is 40.2 Å². The maximum atomic E-state index is 9.12. The third-order valence-electron chi connectivity index (χ3n) is 2.70. The predicted molar refractivity (Wildman–Crippen MR) is 76.8 cm³/mol. The van der Waals surface area contributed by atoms with Crippen molar-refractivity contribution in [3.63, 3.8) is 0 Å². The van der Waals surface area contributed by atoms with Crippen LogP contribution in [0.4, 0.5) is 0 Å². The van der Waals surface area contributed by atoms with Crippen LogP contribution in [-0.4, -0.2) is 0 Å². The van der Waals surface area contributed by atoms with E-state index >= 15 is 0 Å². The van der Waals surface area contributed by atoms with Gasteiger partial charge in [-0.2, -0.15) is 5.26 Å². The Balaban J connectivity index is 2.56. The third kappa shape index (κ3) is 2.45. The zero-order chi connectivity index (χ0) is 13.0. The van der Waals surface area contributed by atoms with E-state index in [4.69, 9.17) is 11.7 Å². The van der Waals surface area contributed by atoms with Gasteiger partial charge in [-0.15, -0.1) is 12.3 Å². The third-order valence-corrected chi connectivity index (χ3v) is 3.47. The Morgan fingerprint density at radius 1 is 1.17 bits per heavy atom.